The molecule has 8 heteroatoms. The summed E-state index contributed by atoms with van der Waals surface area (Å²) in [4.78, 5) is 13.2. The molecule has 0 atom stereocenters. The zero-order chi connectivity index (χ0) is 12.3. The molecule has 1 aromatic heterocycles. The van der Waals surface area contributed by atoms with Crippen molar-refractivity contribution in [2.45, 2.75) is 12.3 Å². The smallest absolute Gasteiger partial charge is 0.372 e. The van der Waals surface area contributed by atoms with Gasteiger partial charge in [-0.15, -0.1) is 11.6 Å². The van der Waals surface area contributed by atoms with E-state index in [0.29, 0.717) is 0 Å². The quantitative estimate of drug-likeness (QED) is 0.469. The first kappa shape index (κ1) is 12.6. The number of nitro groups is 1. The van der Waals surface area contributed by atoms with Gasteiger partial charge in [0.15, 0.2) is 0 Å². The summed E-state index contributed by atoms with van der Waals surface area (Å²) in [5.41, 5.74) is -0.823. The zero-order valence-electron chi connectivity index (χ0n) is 8.11. The third-order valence-corrected chi connectivity index (χ3v) is 2.13. The van der Waals surface area contributed by atoms with Crippen LogP contribution in [0.5, 0.6) is 5.88 Å². The lowest BCUT2D eigenvalue weighted by Crippen LogP contribution is -2.04. The van der Waals surface area contributed by atoms with E-state index in [-0.39, 0.29) is 11.4 Å². The van der Waals surface area contributed by atoms with Crippen LogP contribution in [0.15, 0.2) is 6.07 Å². The number of hydrogen-bond acceptors (Lipinski definition) is 4. The Labute approximate surface area is 94.1 Å². The van der Waals surface area contributed by atoms with Gasteiger partial charge in [-0.25, -0.2) is 8.78 Å². The maximum absolute atomic E-state index is 12.6. The number of aromatic nitrogens is 1. The largest absolute Gasteiger partial charge is 0.463 e. The van der Waals surface area contributed by atoms with E-state index in [1.807, 2.05) is 0 Å². The van der Waals surface area contributed by atoms with Crippen LogP contribution in [0.4, 0.5) is 14.6 Å². The predicted octanol–water partition coefficient (Wildman–Crippen LogP) is 2.67. The van der Waals surface area contributed by atoms with E-state index < -0.39 is 28.6 Å². The average molecular weight is 253 g/mol. The molecule has 0 aliphatic rings. The van der Waals surface area contributed by atoms with E-state index >= 15 is 0 Å². The summed E-state index contributed by atoms with van der Waals surface area (Å²) in [7, 11) is 1.18. The third-order valence-electron chi connectivity index (χ3n) is 1.86. The topological polar surface area (TPSA) is 65.3 Å². The monoisotopic (exact) mass is 252 g/mol. The fourth-order valence-corrected chi connectivity index (χ4v) is 1.41. The van der Waals surface area contributed by atoms with E-state index in [9.17, 15) is 18.9 Å². The Morgan fingerprint density at radius 2 is 2.31 bits per heavy atom. The van der Waals surface area contributed by atoms with Gasteiger partial charge in [0.05, 0.1) is 18.6 Å². The molecule has 1 heterocycles. The Morgan fingerprint density at radius 1 is 1.69 bits per heavy atom. The van der Waals surface area contributed by atoms with Crippen LogP contribution in [0.2, 0.25) is 0 Å². The summed E-state index contributed by atoms with van der Waals surface area (Å²) < 4.78 is 29.8. The van der Waals surface area contributed by atoms with Gasteiger partial charge in [-0.3, -0.25) is 0 Å². The van der Waals surface area contributed by atoms with Crippen molar-refractivity contribution in [3.8, 4) is 5.88 Å². The molecule has 0 N–H and O–H groups in total. The number of methoxy groups -OCH3 is 1. The van der Waals surface area contributed by atoms with E-state index in [4.69, 9.17) is 11.6 Å². The van der Waals surface area contributed by atoms with Crippen molar-refractivity contribution < 1.29 is 18.4 Å². The highest BCUT2D eigenvalue weighted by Gasteiger charge is 2.26. The summed E-state index contributed by atoms with van der Waals surface area (Å²) in [6, 6.07) is 0.940. The minimum absolute atomic E-state index is 0.240. The summed E-state index contributed by atoms with van der Waals surface area (Å²) in [5, 5.41) is 10.6. The lowest BCUT2D eigenvalue weighted by atomic mass is 10.1. The van der Waals surface area contributed by atoms with Crippen LogP contribution in [0.3, 0.4) is 0 Å². The molecule has 1 aromatic rings. The van der Waals surface area contributed by atoms with Crippen molar-refractivity contribution in [1.29, 1.82) is 0 Å². The first-order valence-corrected chi connectivity index (χ1v) is 4.61. The highest BCUT2D eigenvalue weighted by atomic mass is 35.5. The summed E-state index contributed by atoms with van der Waals surface area (Å²) in [6.07, 6.45) is -2.87. The molecule has 0 unspecified atom stereocenters. The second-order valence-corrected chi connectivity index (χ2v) is 3.01. The van der Waals surface area contributed by atoms with Crippen molar-refractivity contribution in [1.82, 2.24) is 4.98 Å². The molecule has 0 radical (unpaired) electrons. The second-order valence-electron chi connectivity index (χ2n) is 2.75. The Bertz CT molecular complexity index is 415. The number of pyridine rings is 1. The van der Waals surface area contributed by atoms with Gasteiger partial charge in [-0.2, -0.15) is 0 Å². The summed E-state index contributed by atoms with van der Waals surface area (Å²) >= 11 is 5.40. The number of nitrogens with zero attached hydrogens (tertiary/aromatic N) is 2. The molecule has 88 valence electrons. The Morgan fingerprint density at radius 3 is 2.69 bits per heavy atom. The molecule has 0 saturated carbocycles. The standard InChI is InChI=1S/C8H7ClF2N2O3/c1-16-6-2-4(7(10)11)5(3-9)8(12-6)13(14)15/h2,7H,3H2,1H3. The summed E-state index contributed by atoms with van der Waals surface area (Å²) in [6.45, 7) is 0. The SMILES string of the molecule is COc1cc(C(F)F)c(CCl)c([N+](=O)[O-])n1. The minimum atomic E-state index is -2.87. The second kappa shape index (κ2) is 5.02. The lowest BCUT2D eigenvalue weighted by molar-refractivity contribution is -0.390. The Balaban J connectivity index is 3.46. The maximum atomic E-state index is 12.6. The molecule has 5 nitrogen and oxygen atoms in total. The first-order chi connectivity index (χ1) is 7.51. The van der Waals surface area contributed by atoms with Gasteiger partial charge in [0, 0.05) is 16.6 Å². The third kappa shape index (κ3) is 2.35. The van der Waals surface area contributed by atoms with Crippen LogP contribution in [0.1, 0.15) is 17.6 Å². The van der Waals surface area contributed by atoms with Crippen LogP contribution < -0.4 is 4.74 Å². The van der Waals surface area contributed by atoms with Gasteiger partial charge < -0.3 is 14.9 Å². The lowest BCUT2D eigenvalue weighted by Gasteiger charge is -2.07. The Kier molecular flexibility index (Phi) is 3.94. The average Bonchev–Trinajstić information content (AvgIpc) is 2.26. The van der Waals surface area contributed by atoms with E-state index in [1.54, 1.807) is 0 Å². The molecule has 0 aromatic carbocycles. The van der Waals surface area contributed by atoms with E-state index in [1.165, 1.54) is 7.11 Å². The highest BCUT2D eigenvalue weighted by molar-refractivity contribution is 6.17. The molecule has 0 amide bonds. The highest BCUT2D eigenvalue weighted by Crippen LogP contribution is 2.32. The minimum Gasteiger partial charge on any atom is -0.463 e. The van der Waals surface area contributed by atoms with Gasteiger partial charge in [-0.05, 0) is 4.92 Å². The van der Waals surface area contributed by atoms with Crippen LogP contribution in [-0.2, 0) is 5.88 Å². The predicted molar refractivity (Wildman–Crippen MR) is 52.0 cm³/mol. The Hall–Kier alpha value is -1.50. The number of rotatable bonds is 4. The molecule has 0 spiro atoms. The maximum Gasteiger partial charge on any atom is 0.372 e. The molecule has 0 aliphatic carbocycles. The van der Waals surface area contributed by atoms with Crippen molar-refractivity contribution in [3.05, 3.63) is 27.3 Å². The van der Waals surface area contributed by atoms with Gasteiger partial charge in [0.25, 0.3) is 6.43 Å². The van der Waals surface area contributed by atoms with Crippen LogP contribution in [0, 0.1) is 10.1 Å². The molecule has 0 bridgehead atoms. The number of ether oxygens (including phenoxy) is 1. The van der Waals surface area contributed by atoms with Crippen LogP contribution in [-0.4, -0.2) is 17.0 Å². The van der Waals surface area contributed by atoms with Gasteiger partial charge >= 0.3 is 11.7 Å². The first-order valence-electron chi connectivity index (χ1n) is 4.07. The number of halogens is 3. The molecular formula is C8H7ClF2N2O3. The van der Waals surface area contributed by atoms with Gasteiger partial charge in [0.2, 0.25) is 0 Å². The van der Waals surface area contributed by atoms with Crippen molar-refractivity contribution >= 4 is 17.4 Å². The van der Waals surface area contributed by atoms with Crippen LogP contribution in [0.25, 0.3) is 0 Å². The van der Waals surface area contributed by atoms with Crippen LogP contribution >= 0.6 is 11.6 Å². The molecule has 0 saturated heterocycles. The van der Waals surface area contributed by atoms with E-state index in [0.717, 1.165) is 6.07 Å². The molecular weight excluding hydrogens is 246 g/mol. The van der Waals surface area contributed by atoms with Crippen molar-refractivity contribution in [3.63, 3.8) is 0 Å². The van der Waals surface area contributed by atoms with Gasteiger partial charge in [0.1, 0.15) is 0 Å². The molecule has 16 heavy (non-hydrogen) atoms. The van der Waals surface area contributed by atoms with E-state index in [2.05, 4.69) is 9.72 Å². The fourth-order valence-electron chi connectivity index (χ4n) is 1.14. The number of hydrogen-bond donors (Lipinski definition) is 0. The van der Waals surface area contributed by atoms with Gasteiger partial charge in [-0.1, -0.05) is 0 Å². The molecule has 0 fully saturated rings. The van der Waals surface area contributed by atoms with Crippen molar-refractivity contribution in [2.75, 3.05) is 7.11 Å². The number of alkyl halides is 3. The van der Waals surface area contributed by atoms with Crippen molar-refractivity contribution in [2.24, 2.45) is 0 Å². The summed E-state index contributed by atoms with van der Waals surface area (Å²) in [5.74, 6) is -1.35. The molecule has 0 aliphatic heterocycles. The molecule has 1 rings (SSSR count). The zero-order valence-corrected chi connectivity index (χ0v) is 8.87. The fraction of sp³-hybridized carbons (Fsp3) is 0.375. The normalized spacial score (nSPS) is 10.6.